The number of anilines is 1. The number of aromatic nitrogens is 1. The second kappa shape index (κ2) is 6.25. The molecule has 0 amide bonds. The van der Waals surface area contributed by atoms with Crippen molar-refractivity contribution in [3.8, 4) is 0 Å². The predicted molar refractivity (Wildman–Crippen MR) is 57.9 cm³/mol. The molecule has 0 radical (unpaired) electrons. The molecule has 0 spiro atoms. The molecule has 0 aromatic carbocycles. The number of carboxylic acids is 1. The number of aromatic carboxylic acids is 1. The standard InChI is InChI=1S/C7H8N2O2.C2H4N2/c1-4-2-3-5(8)6(9-4)7(10)11;3-1-2-4/h2-3H,8H2,1H3,(H,10,11);1-4H. The normalized spacial score (nSPS) is 8.33. The summed E-state index contributed by atoms with van der Waals surface area (Å²) in [6, 6.07) is 3.20. The Kier molecular flexibility index (Phi) is 5.32. The quantitative estimate of drug-likeness (QED) is 0.540. The van der Waals surface area contributed by atoms with E-state index >= 15 is 0 Å². The maximum absolute atomic E-state index is 10.4. The van der Waals surface area contributed by atoms with Crippen molar-refractivity contribution in [1.29, 1.82) is 10.8 Å². The summed E-state index contributed by atoms with van der Waals surface area (Å²) in [5, 5.41) is 20.7. The molecule has 0 aliphatic rings. The van der Waals surface area contributed by atoms with Gasteiger partial charge in [-0.05, 0) is 19.1 Å². The highest BCUT2D eigenvalue weighted by molar-refractivity contribution is 6.12. The SMILES string of the molecule is Cc1ccc(N)c(C(=O)O)n1.N=CC=N. The van der Waals surface area contributed by atoms with Crippen LogP contribution in [0.1, 0.15) is 16.2 Å². The summed E-state index contributed by atoms with van der Waals surface area (Å²) < 4.78 is 0. The van der Waals surface area contributed by atoms with E-state index < -0.39 is 5.97 Å². The minimum absolute atomic E-state index is 0.0787. The van der Waals surface area contributed by atoms with Gasteiger partial charge >= 0.3 is 5.97 Å². The molecule has 5 N–H and O–H groups in total. The summed E-state index contributed by atoms with van der Waals surface area (Å²) in [6.07, 6.45) is 1.83. The average Bonchev–Trinajstić information content (AvgIpc) is 2.22. The van der Waals surface area contributed by atoms with Crippen LogP contribution in [0.5, 0.6) is 0 Å². The first-order valence-electron chi connectivity index (χ1n) is 3.98. The Balaban J connectivity index is 0.000000423. The van der Waals surface area contributed by atoms with Crippen LogP contribution in [0.4, 0.5) is 5.69 Å². The van der Waals surface area contributed by atoms with Crippen molar-refractivity contribution in [1.82, 2.24) is 4.98 Å². The van der Waals surface area contributed by atoms with Crippen LogP contribution in [0.15, 0.2) is 12.1 Å². The molecule has 0 fully saturated rings. The van der Waals surface area contributed by atoms with E-state index in [1.807, 2.05) is 0 Å². The average molecular weight is 208 g/mol. The van der Waals surface area contributed by atoms with Gasteiger partial charge in [-0.25, -0.2) is 9.78 Å². The number of rotatable bonds is 2. The number of nitrogen functional groups attached to an aromatic ring is 1. The van der Waals surface area contributed by atoms with Crippen LogP contribution >= 0.6 is 0 Å². The fourth-order valence-corrected chi connectivity index (χ4v) is 0.739. The van der Waals surface area contributed by atoms with Crippen LogP contribution in [0.2, 0.25) is 0 Å². The number of pyridine rings is 1. The molecule has 0 saturated carbocycles. The Morgan fingerprint density at radius 3 is 2.33 bits per heavy atom. The van der Waals surface area contributed by atoms with Gasteiger partial charge in [0.1, 0.15) is 0 Å². The highest BCUT2D eigenvalue weighted by atomic mass is 16.4. The van der Waals surface area contributed by atoms with E-state index in [2.05, 4.69) is 4.98 Å². The van der Waals surface area contributed by atoms with E-state index in [9.17, 15) is 4.79 Å². The van der Waals surface area contributed by atoms with Gasteiger partial charge in [-0.2, -0.15) is 0 Å². The molecule has 1 aromatic heterocycles. The molecule has 6 nitrogen and oxygen atoms in total. The van der Waals surface area contributed by atoms with Crippen molar-refractivity contribution < 1.29 is 9.90 Å². The second-order valence-electron chi connectivity index (χ2n) is 2.53. The maximum atomic E-state index is 10.4. The molecule has 0 bridgehead atoms. The Hall–Kier alpha value is -2.24. The molecule has 0 unspecified atom stereocenters. The van der Waals surface area contributed by atoms with Gasteiger partial charge in [0.05, 0.1) is 5.69 Å². The monoisotopic (exact) mass is 208 g/mol. The van der Waals surface area contributed by atoms with E-state index in [-0.39, 0.29) is 11.4 Å². The van der Waals surface area contributed by atoms with Crippen LogP contribution in [0.25, 0.3) is 0 Å². The summed E-state index contributed by atoms with van der Waals surface area (Å²) in [5.41, 5.74) is 6.12. The molecular weight excluding hydrogens is 196 g/mol. The Morgan fingerprint density at radius 2 is 2.00 bits per heavy atom. The lowest BCUT2D eigenvalue weighted by Crippen LogP contribution is -2.05. The van der Waals surface area contributed by atoms with Crippen LogP contribution in [0, 0.1) is 17.7 Å². The molecule has 1 aromatic rings. The van der Waals surface area contributed by atoms with E-state index in [1.165, 1.54) is 6.07 Å². The lowest BCUT2D eigenvalue weighted by atomic mass is 10.2. The number of carbonyl (C=O) groups is 1. The Morgan fingerprint density at radius 1 is 1.47 bits per heavy atom. The van der Waals surface area contributed by atoms with Crippen molar-refractivity contribution >= 4 is 24.1 Å². The molecule has 1 heterocycles. The highest BCUT2D eigenvalue weighted by Crippen LogP contribution is 2.08. The maximum Gasteiger partial charge on any atom is 0.356 e. The third-order valence-corrected chi connectivity index (χ3v) is 1.35. The number of nitrogens with one attached hydrogen (secondary N) is 2. The van der Waals surface area contributed by atoms with E-state index in [0.29, 0.717) is 5.69 Å². The van der Waals surface area contributed by atoms with Gasteiger partial charge in [0.15, 0.2) is 5.69 Å². The van der Waals surface area contributed by atoms with Crippen molar-refractivity contribution in [3.05, 3.63) is 23.5 Å². The van der Waals surface area contributed by atoms with Crippen LogP contribution in [-0.2, 0) is 0 Å². The number of carboxylic acid groups (broad SMARTS) is 1. The number of aryl methyl sites for hydroxylation is 1. The van der Waals surface area contributed by atoms with Gasteiger partial charge in [-0.1, -0.05) is 0 Å². The van der Waals surface area contributed by atoms with Gasteiger partial charge < -0.3 is 21.7 Å². The van der Waals surface area contributed by atoms with Gasteiger partial charge in [0, 0.05) is 18.1 Å². The zero-order chi connectivity index (χ0) is 11.8. The molecular formula is C9H12N4O2. The fourth-order valence-electron chi connectivity index (χ4n) is 0.739. The smallest absolute Gasteiger partial charge is 0.356 e. The van der Waals surface area contributed by atoms with E-state index in [0.717, 1.165) is 12.4 Å². The summed E-state index contributed by atoms with van der Waals surface area (Å²) >= 11 is 0. The van der Waals surface area contributed by atoms with Crippen molar-refractivity contribution in [3.63, 3.8) is 0 Å². The molecule has 1 rings (SSSR count). The van der Waals surface area contributed by atoms with E-state index in [4.69, 9.17) is 21.7 Å². The second-order valence-corrected chi connectivity index (χ2v) is 2.53. The Bertz CT molecular complexity index is 370. The zero-order valence-electron chi connectivity index (χ0n) is 8.19. The van der Waals surface area contributed by atoms with Gasteiger partial charge in [-0.3, -0.25) is 0 Å². The molecule has 80 valence electrons. The molecule has 0 aliphatic heterocycles. The topological polar surface area (TPSA) is 124 Å². The summed E-state index contributed by atoms with van der Waals surface area (Å²) in [7, 11) is 0. The van der Waals surface area contributed by atoms with Gasteiger partial charge in [0.2, 0.25) is 0 Å². The Labute approximate surface area is 86.8 Å². The first-order valence-corrected chi connectivity index (χ1v) is 3.98. The summed E-state index contributed by atoms with van der Waals surface area (Å²) in [4.78, 5) is 14.2. The van der Waals surface area contributed by atoms with Crippen LogP contribution in [-0.4, -0.2) is 28.5 Å². The number of hydrogen-bond donors (Lipinski definition) is 4. The molecule has 0 aliphatic carbocycles. The van der Waals surface area contributed by atoms with Gasteiger partial charge in [-0.15, -0.1) is 0 Å². The van der Waals surface area contributed by atoms with Crippen molar-refractivity contribution in [2.45, 2.75) is 6.92 Å². The predicted octanol–water partition coefficient (Wildman–Crippen LogP) is 0.956. The van der Waals surface area contributed by atoms with Crippen LogP contribution < -0.4 is 5.73 Å². The molecule has 15 heavy (non-hydrogen) atoms. The molecule has 0 atom stereocenters. The minimum Gasteiger partial charge on any atom is -0.476 e. The van der Waals surface area contributed by atoms with E-state index in [1.54, 1.807) is 13.0 Å². The largest absolute Gasteiger partial charge is 0.476 e. The highest BCUT2D eigenvalue weighted by Gasteiger charge is 2.08. The third kappa shape index (κ3) is 4.51. The third-order valence-electron chi connectivity index (χ3n) is 1.35. The number of hydrogen-bond acceptors (Lipinski definition) is 5. The van der Waals surface area contributed by atoms with Crippen molar-refractivity contribution in [2.75, 3.05) is 5.73 Å². The molecule has 6 heteroatoms. The first-order chi connectivity index (χ1) is 7.02. The zero-order valence-corrected chi connectivity index (χ0v) is 8.19. The summed E-state index contributed by atoms with van der Waals surface area (Å²) in [6.45, 7) is 1.71. The first kappa shape index (κ1) is 12.8. The number of nitrogens with zero attached hydrogens (tertiary/aromatic N) is 1. The lowest BCUT2D eigenvalue weighted by molar-refractivity contribution is 0.0691. The lowest BCUT2D eigenvalue weighted by Gasteiger charge is -1.99. The molecule has 0 saturated heterocycles. The summed E-state index contributed by atoms with van der Waals surface area (Å²) in [5.74, 6) is -1.09. The minimum atomic E-state index is -1.09. The van der Waals surface area contributed by atoms with Crippen molar-refractivity contribution in [2.24, 2.45) is 0 Å². The fraction of sp³-hybridized carbons (Fsp3) is 0.111. The number of nitrogens with two attached hydrogens (primary N) is 1. The van der Waals surface area contributed by atoms with Gasteiger partial charge in [0.25, 0.3) is 0 Å². The van der Waals surface area contributed by atoms with Crippen LogP contribution in [0.3, 0.4) is 0 Å².